The molecule has 0 N–H and O–H groups in total. The molecule has 0 saturated carbocycles. The number of hydrogen-bond donors (Lipinski definition) is 0. The Kier molecular flexibility index (Phi) is 6.18. The molecule has 2 fully saturated rings. The number of aromatic nitrogens is 2. The van der Waals surface area contributed by atoms with Crippen molar-refractivity contribution in [1.29, 1.82) is 0 Å². The molecule has 3 aromatic rings. The molecule has 198 valence electrons. The van der Waals surface area contributed by atoms with E-state index in [1.807, 2.05) is 41.8 Å². The molecule has 38 heavy (non-hydrogen) atoms. The third-order valence-corrected chi connectivity index (χ3v) is 7.61. The van der Waals surface area contributed by atoms with E-state index in [1.54, 1.807) is 13.4 Å². The van der Waals surface area contributed by atoms with Crippen LogP contribution in [-0.4, -0.2) is 65.3 Å². The number of hydrogen-bond acceptors (Lipinski definition) is 6. The van der Waals surface area contributed by atoms with Gasteiger partial charge in [0.25, 0.3) is 0 Å². The van der Waals surface area contributed by atoms with Crippen LogP contribution in [0.2, 0.25) is 0 Å². The summed E-state index contributed by atoms with van der Waals surface area (Å²) in [7, 11) is 1.66. The minimum Gasteiger partial charge on any atom is -0.495 e. The van der Waals surface area contributed by atoms with Crippen LogP contribution in [-0.2, 0) is 4.74 Å². The van der Waals surface area contributed by atoms with E-state index >= 15 is 0 Å². The van der Waals surface area contributed by atoms with E-state index in [1.165, 1.54) is 12.1 Å². The monoisotopic (exact) mass is 519 g/mol. The summed E-state index contributed by atoms with van der Waals surface area (Å²) in [6.45, 7) is 7.27. The molecule has 0 amide bonds. The Bertz CT molecular complexity index is 1410. The number of benzene rings is 2. The summed E-state index contributed by atoms with van der Waals surface area (Å²) in [5.41, 5.74) is 4.46. The van der Waals surface area contributed by atoms with Crippen LogP contribution < -0.4 is 4.74 Å². The van der Waals surface area contributed by atoms with E-state index in [4.69, 9.17) is 14.6 Å². The minimum absolute atomic E-state index is 0.0538. The zero-order chi connectivity index (χ0) is 26.4. The van der Waals surface area contributed by atoms with Crippen molar-refractivity contribution >= 4 is 11.9 Å². The number of halogens is 2. The van der Waals surface area contributed by atoms with Gasteiger partial charge in [-0.15, -0.1) is 0 Å². The van der Waals surface area contributed by atoms with Gasteiger partial charge in [0.15, 0.2) is 5.84 Å². The number of methoxy groups -OCH3 is 1. The van der Waals surface area contributed by atoms with Crippen molar-refractivity contribution in [3.05, 3.63) is 83.0 Å². The molecule has 4 heterocycles. The Labute approximate surface area is 221 Å². The summed E-state index contributed by atoms with van der Waals surface area (Å²) < 4.78 is 41.9. The molecule has 6 rings (SSSR count). The lowest BCUT2D eigenvalue weighted by Crippen LogP contribution is -2.60. The second-order valence-corrected chi connectivity index (χ2v) is 10.5. The van der Waals surface area contributed by atoms with Gasteiger partial charge in [-0.3, -0.25) is 5.01 Å². The maximum absolute atomic E-state index is 14.3. The lowest BCUT2D eigenvalue weighted by atomic mass is 9.74. The average molecular weight is 520 g/mol. The van der Waals surface area contributed by atoms with Crippen molar-refractivity contribution in [2.24, 2.45) is 10.5 Å². The summed E-state index contributed by atoms with van der Waals surface area (Å²) >= 11 is 0. The smallest absolute Gasteiger partial charge is 0.152 e. The van der Waals surface area contributed by atoms with Crippen LogP contribution in [0.3, 0.4) is 0 Å². The van der Waals surface area contributed by atoms with E-state index in [0.29, 0.717) is 31.9 Å². The molecule has 2 aromatic carbocycles. The molecule has 0 radical (unpaired) electrons. The lowest BCUT2D eigenvalue weighted by Gasteiger charge is -2.54. The first-order chi connectivity index (χ1) is 18.4. The second-order valence-electron chi connectivity index (χ2n) is 10.5. The van der Waals surface area contributed by atoms with Gasteiger partial charge in [-0.05, 0) is 67.3 Å². The number of hydrazone groups is 1. The maximum Gasteiger partial charge on any atom is 0.152 e. The molecule has 1 atom stereocenters. The van der Waals surface area contributed by atoms with Crippen LogP contribution >= 0.6 is 0 Å². The summed E-state index contributed by atoms with van der Waals surface area (Å²) in [6, 6.07) is 9.67. The third-order valence-electron chi connectivity index (χ3n) is 7.61. The number of imidazole rings is 1. The quantitative estimate of drug-likeness (QED) is 0.477. The van der Waals surface area contributed by atoms with Crippen molar-refractivity contribution in [2.75, 3.05) is 40.0 Å². The Balaban J connectivity index is 1.42. The Hall–Kier alpha value is -3.72. The molecule has 1 unspecified atom stereocenters. The van der Waals surface area contributed by atoms with Gasteiger partial charge in [0.2, 0.25) is 0 Å². The zero-order valence-electron chi connectivity index (χ0n) is 21.8. The van der Waals surface area contributed by atoms with E-state index in [-0.39, 0.29) is 11.5 Å². The predicted molar refractivity (Wildman–Crippen MR) is 141 cm³/mol. The molecular weight excluding hydrogens is 488 g/mol. The molecular formula is C29H31F2N5O2. The highest BCUT2D eigenvalue weighted by molar-refractivity contribution is 6.03. The van der Waals surface area contributed by atoms with Gasteiger partial charge in [0, 0.05) is 30.8 Å². The van der Waals surface area contributed by atoms with Gasteiger partial charge in [-0.25, -0.2) is 13.8 Å². The molecule has 3 aliphatic heterocycles. The van der Waals surface area contributed by atoms with E-state index in [2.05, 4.69) is 22.0 Å². The molecule has 0 bridgehead atoms. The molecule has 1 spiro atoms. The highest BCUT2D eigenvalue weighted by Crippen LogP contribution is 2.45. The Morgan fingerprint density at radius 1 is 1.16 bits per heavy atom. The van der Waals surface area contributed by atoms with Gasteiger partial charge >= 0.3 is 0 Å². The molecule has 9 heteroatoms. The van der Waals surface area contributed by atoms with Crippen LogP contribution in [0.4, 0.5) is 8.78 Å². The van der Waals surface area contributed by atoms with Crippen LogP contribution in [0.15, 0.2) is 59.6 Å². The van der Waals surface area contributed by atoms with E-state index in [9.17, 15) is 8.78 Å². The summed E-state index contributed by atoms with van der Waals surface area (Å²) in [5, 5.41) is 6.97. The number of piperidine rings is 1. The van der Waals surface area contributed by atoms with Crippen LogP contribution in [0.1, 0.15) is 36.2 Å². The summed E-state index contributed by atoms with van der Waals surface area (Å²) in [4.78, 5) is 6.55. The first-order valence-corrected chi connectivity index (χ1v) is 12.9. The third kappa shape index (κ3) is 4.45. The SMILES string of the molecule is CCN1CC(c2cc(F)cc(F)c2)N2CC3(COC3)C/C(=C\c3ccc(-n4cnc(C)c4)c(OC)c3)C2=N1. The minimum atomic E-state index is -0.568. The maximum atomic E-state index is 14.3. The number of nitrogens with zero attached hydrogens (tertiary/aromatic N) is 5. The molecule has 2 saturated heterocycles. The van der Waals surface area contributed by atoms with Crippen LogP contribution in [0, 0.1) is 24.0 Å². The van der Waals surface area contributed by atoms with Gasteiger partial charge in [0.1, 0.15) is 17.4 Å². The number of ether oxygens (including phenoxy) is 2. The molecule has 3 aliphatic rings. The first kappa shape index (κ1) is 24.6. The van der Waals surface area contributed by atoms with Crippen molar-refractivity contribution < 1.29 is 18.3 Å². The number of rotatable bonds is 5. The zero-order valence-corrected chi connectivity index (χ0v) is 21.8. The van der Waals surface area contributed by atoms with Crippen molar-refractivity contribution in [3.8, 4) is 11.4 Å². The molecule has 1 aromatic heterocycles. The normalized spacial score (nSPS) is 21.3. The highest BCUT2D eigenvalue weighted by atomic mass is 19.1. The van der Waals surface area contributed by atoms with Gasteiger partial charge in [-0.2, -0.15) is 5.10 Å². The fourth-order valence-corrected chi connectivity index (χ4v) is 5.72. The average Bonchev–Trinajstić information content (AvgIpc) is 3.32. The van der Waals surface area contributed by atoms with Crippen molar-refractivity contribution in [1.82, 2.24) is 19.5 Å². The Morgan fingerprint density at radius 2 is 1.95 bits per heavy atom. The van der Waals surface area contributed by atoms with E-state index in [0.717, 1.165) is 53.1 Å². The fourth-order valence-electron chi connectivity index (χ4n) is 5.72. The van der Waals surface area contributed by atoms with E-state index < -0.39 is 11.6 Å². The summed E-state index contributed by atoms with van der Waals surface area (Å²) in [6.07, 6.45) is 6.70. The number of aryl methyl sites for hydroxylation is 1. The number of fused-ring (bicyclic) bond motifs is 1. The van der Waals surface area contributed by atoms with Crippen LogP contribution in [0.25, 0.3) is 11.8 Å². The molecule has 7 nitrogen and oxygen atoms in total. The van der Waals surface area contributed by atoms with Gasteiger partial charge in [0.05, 0.1) is 50.6 Å². The highest BCUT2D eigenvalue weighted by Gasteiger charge is 2.49. The fraction of sp³-hybridized carbons (Fsp3) is 0.379. The Morgan fingerprint density at radius 3 is 2.58 bits per heavy atom. The van der Waals surface area contributed by atoms with Crippen molar-refractivity contribution in [3.63, 3.8) is 0 Å². The van der Waals surface area contributed by atoms with Crippen molar-refractivity contribution in [2.45, 2.75) is 26.3 Å². The first-order valence-electron chi connectivity index (χ1n) is 12.9. The molecule has 0 aliphatic carbocycles. The lowest BCUT2D eigenvalue weighted by molar-refractivity contribution is -0.128. The standard InChI is InChI=1S/C29H31F2N5O2/c1-4-35-14-26(21-9-23(30)11-24(31)10-21)36-15-29(16-38-17-29)12-22(28(36)33-35)7-20-5-6-25(27(8-20)37-3)34-13-19(2)32-18-34/h5-11,13,18,26H,4,12,14-17H2,1-3H3/b22-7+. The van der Waals surface area contributed by atoms with Gasteiger partial charge in [-0.1, -0.05) is 6.07 Å². The summed E-state index contributed by atoms with van der Waals surface area (Å²) in [5.74, 6) is 0.447. The second kappa shape index (κ2) is 9.54. The van der Waals surface area contributed by atoms with Crippen LogP contribution in [0.5, 0.6) is 5.75 Å². The largest absolute Gasteiger partial charge is 0.495 e. The number of amidine groups is 1. The predicted octanol–water partition coefficient (Wildman–Crippen LogP) is 4.96. The topological polar surface area (TPSA) is 55.1 Å². The number of likely N-dealkylation sites (N-methyl/N-ethyl adjacent to an activating group) is 1. The van der Waals surface area contributed by atoms with Gasteiger partial charge < -0.3 is 18.9 Å².